The van der Waals surface area contributed by atoms with Crippen LogP contribution in [0.25, 0.3) is 0 Å². The van der Waals surface area contributed by atoms with Gasteiger partial charge >= 0.3 is 0 Å². The fourth-order valence-corrected chi connectivity index (χ4v) is 0.652. The Kier molecular flexibility index (Phi) is 8.44. The highest BCUT2D eigenvalue weighted by Gasteiger charge is 1.84. The average molecular weight is 141 g/mol. The lowest BCUT2D eigenvalue weighted by atomic mass is 10.3. The summed E-state index contributed by atoms with van der Waals surface area (Å²) in [6.07, 6.45) is 7.50. The van der Waals surface area contributed by atoms with E-state index in [-0.39, 0.29) is 0 Å². The fourth-order valence-electron chi connectivity index (χ4n) is 0.652. The van der Waals surface area contributed by atoms with Crippen molar-refractivity contribution in [1.82, 2.24) is 0 Å². The van der Waals surface area contributed by atoms with E-state index in [0.29, 0.717) is 0 Å². The molecule has 1 nitrogen and oxygen atoms in total. The van der Waals surface area contributed by atoms with Gasteiger partial charge in [0.2, 0.25) is 0 Å². The molecule has 0 fully saturated rings. The molecule has 1 radical (unpaired) electrons. The molecule has 10 heavy (non-hydrogen) atoms. The van der Waals surface area contributed by atoms with E-state index in [1.54, 1.807) is 0 Å². The van der Waals surface area contributed by atoms with Gasteiger partial charge in [0.25, 0.3) is 0 Å². The van der Waals surface area contributed by atoms with Crippen LogP contribution in [-0.4, -0.2) is 6.61 Å². The minimum absolute atomic E-state index is 0.859. The van der Waals surface area contributed by atoms with Gasteiger partial charge in [-0.25, -0.2) is 0 Å². The normalized spacial score (nSPS) is 11.0. The largest absolute Gasteiger partial charge is 0.376 e. The maximum Gasteiger partial charge on any atom is 0.0833 e. The Hall–Kier alpha value is -0.300. The van der Waals surface area contributed by atoms with Gasteiger partial charge in [-0.15, -0.1) is 0 Å². The van der Waals surface area contributed by atoms with Gasteiger partial charge in [-0.1, -0.05) is 19.1 Å². The van der Waals surface area contributed by atoms with Crippen LogP contribution in [-0.2, 0) is 4.74 Å². The van der Waals surface area contributed by atoms with Crippen LogP contribution in [0.15, 0.2) is 12.2 Å². The van der Waals surface area contributed by atoms with Crippen LogP contribution in [0.2, 0.25) is 0 Å². The smallest absolute Gasteiger partial charge is 0.0833 e. The lowest BCUT2D eigenvalue weighted by molar-refractivity contribution is 0.191. The average Bonchev–Trinajstić information content (AvgIpc) is 1.97. The summed E-state index contributed by atoms with van der Waals surface area (Å²) in [7, 11) is 0. The van der Waals surface area contributed by atoms with Crippen LogP contribution in [0.1, 0.15) is 33.1 Å². The molecule has 0 heterocycles. The predicted molar refractivity (Wildman–Crippen MR) is 44.6 cm³/mol. The van der Waals surface area contributed by atoms with Crippen molar-refractivity contribution >= 4 is 0 Å². The molecule has 0 saturated heterocycles. The fraction of sp³-hybridized carbons (Fsp3) is 0.667. The van der Waals surface area contributed by atoms with Gasteiger partial charge in [0.1, 0.15) is 0 Å². The third-order valence-corrected chi connectivity index (χ3v) is 1.15. The highest BCUT2D eigenvalue weighted by atomic mass is 16.5. The molecule has 0 aliphatic heterocycles. The summed E-state index contributed by atoms with van der Waals surface area (Å²) in [5.41, 5.74) is 0. The second-order valence-electron chi connectivity index (χ2n) is 2.16. The molecule has 0 bridgehead atoms. The lowest BCUT2D eigenvalue weighted by Crippen LogP contribution is -1.89. The second kappa shape index (κ2) is 8.70. The van der Waals surface area contributed by atoms with Crippen molar-refractivity contribution in [3.8, 4) is 0 Å². The van der Waals surface area contributed by atoms with Gasteiger partial charge in [0.15, 0.2) is 0 Å². The number of hydrogen-bond acceptors (Lipinski definition) is 1. The monoisotopic (exact) mass is 141 g/mol. The SMILES string of the molecule is C/C=C/CCCO[CH]CC. The molecule has 59 valence electrons. The zero-order valence-electron chi connectivity index (χ0n) is 6.97. The molecule has 0 spiro atoms. The first-order chi connectivity index (χ1) is 4.91. The Morgan fingerprint density at radius 2 is 2.20 bits per heavy atom. The first-order valence-electron chi connectivity index (χ1n) is 3.96. The van der Waals surface area contributed by atoms with E-state index in [2.05, 4.69) is 19.1 Å². The molecule has 0 aliphatic rings. The van der Waals surface area contributed by atoms with Gasteiger partial charge in [0.05, 0.1) is 6.61 Å². The van der Waals surface area contributed by atoms with Gasteiger partial charge in [-0.2, -0.15) is 0 Å². The lowest BCUT2D eigenvalue weighted by Gasteiger charge is -1.97. The van der Waals surface area contributed by atoms with Crippen LogP contribution in [0.4, 0.5) is 0 Å². The summed E-state index contributed by atoms with van der Waals surface area (Å²) in [6, 6.07) is 0. The molecule has 0 amide bonds. The van der Waals surface area contributed by atoms with Gasteiger partial charge in [-0.3, -0.25) is 0 Å². The molecule has 0 aromatic carbocycles. The number of rotatable bonds is 6. The van der Waals surface area contributed by atoms with E-state index in [9.17, 15) is 0 Å². The molecule has 0 rings (SSSR count). The van der Waals surface area contributed by atoms with Crippen molar-refractivity contribution < 1.29 is 4.74 Å². The first kappa shape index (κ1) is 9.70. The van der Waals surface area contributed by atoms with Crippen LogP contribution in [0, 0.1) is 6.61 Å². The van der Waals surface area contributed by atoms with Crippen molar-refractivity contribution in [2.45, 2.75) is 33.1 Å². The van der Waals surface area contributed by atoms with E-state index in [1.807, 2.05) is 13.5 Å². The van der Waals surface area contributed by atoms with Crippen LogP contribution in [0.3, 0.4) is 0 Å². The topological polar surface area (TPSA) is 9.23 Å². The maximum absolute atomic E-state index is 5.17. The summed E-state index contributed by atoms with van der Waals surface area (Å²) < 4.78 is 5.17. The summed E-state index contributed by atoms with van der Waals surface area (Å²) in [5.74, 6) is 0. The standard InChI is InChI=1S/C9H17O/c1-3-5-6-7-9-10-8-4-2/h3,5,8H,4,6-7,9H2,1-2H3/b5-3+. The van der Waals surface area contributed by atoms with Crippen molar-refractivity contribution in [2.75, 3.05) is 6.61 Å². The van der Waals surface area contributed by atoms with Crippen molar-refractivity contribution in [3.63, 3.8) is 0 Å². The second-order valence-corrected chi connectivity index (χ2v) is 2.16. The molecular formula is C9H17O. The molecule has 0 aliphatic carbocycles. The Balaban J connectivity index is 2.77. The summed E-state index contributed by atoms with van der Waals surface area (Å²) in [5, 5.41) is 0. The number of ether oxygens (including phenoxy) is 1. The minimum Gasteiger partial charge on any atom is -0.376 e. The predicted octanol–water partition coefficient (Wildman–Crippen LogP) is 2.93. The highest BCUT2D eigenvalue weighted by molar-refractivity contribution is 4.76. The third-order valence-electron chi connectivity index (χ3n) is 1.15. The van der Waals surface area contributed by atoms with E-state index < -0.39 is 0 Å². The Morgan fingerprint density at radius 3 is 2.80 bits per heavy atom. The Labute approximate surface area is 64.1 Å². The van der Waals surface area contributed by atoms with Crippen molar-refractivity contribution in [3.05, 3.63) is 18.8 Å². The zero-order chi connectivity index (χ0) is 7.66. The van der Waals surface area contributed by atoms with Crippen LogP contribution in [0.5, 0.6) is 0 Å². The van der Waals surface area contributed by atoms with Gasteiger partial charge in [-0.05, 0) is 26.2 Å². The number of allylic oxidation sites excluding steroid dienone is 2. The van der Waals surface area contributed by atoms with E-state index in [4.69, 9.17) is 4.74 Å². The molecule has 0 saturated carbocycles. The molecular weight excluding hydrogens is 124 g/mol. The molecule has 0 atom stereocenters. The summed E-state index contributed by atoms with van der Waals surface area (Å²) >= 11 is 0. The van der Waals surface area contributed by atoms with E-state index in [0.717, 1.165) is 25.9 Å². The van der Waals surface area contributed by atoms with Crippen molar-refractivity contribution in [1.29, 1.82) is 0 Å². The third kappa shape index (κ3) is 7.70. The highest BCUT2D eigenvalue weighted by Crippen LogP contribution is 1.94. The van der Waals surface area contributed by atoms with Crippen LogP contribution >= 0.6 is 0 Å². The maximum atomic E-state index is 5.17. The zero-order valence-corrected chi connectivity index (χ0v) is 6.97. The Bertz CT molecular complexity index is 76.8. The number of hydrogen-bond donors (Lipinski definition) is 0. The molecule has 0 aromatic heterocycles. The van der Waals surface area contributed by atoms with Crippen molar-refractivity contribution in [2.24, 2.45) is 0 Å². The minimum atomic E-state index is 0.859. The van der Waals surface area contributed by atoms with Gasteiger partial charge < -0.3 is 4.74 Å². The molecule has 1 heteroatoms. The van der Waals surface area contributed by atoms with Crippen LogP contribution < -0.4 is 0 Å². The van der Waals surface area contributed by atoms with E-state index in [1.165, 1.54) is 0 Å². The first-order valence-corrected chi connectivity index (χ1v) is 3.96. The number of unbranched alkanes of at least 4 members (excludes halogenated alkanes) is 1. The quantitative estimate of drug-likeness (QED) is 0.408. The Morgan fingerprint density at radius 1 is 1.40 bits per heavy atom. The molecule has 0 unspecified atom stereocenters. The van der Waals surface area contributed by atoms with E-state index >= 15 is 0 Å². The van der Waals surface area contributed by atoms with Gasteiger partial charge in [0, 0.05) is 6.61 Å². The summed E-state index contributed by atoms with van der Waals surface area (Å²) in [4.78, 5) is 0. The summed E-state index contributed by atoms with van der Waals surface area (Å²) in [6.45, 7) is 6.83. The molecule has 0 N–H and O–H groups in total. The molecule has 0 aromatic rings.